The van der Waals surface area contributed by atoms with Crippen LogP contribution in [0.3, 0.4) is 0 Å². The molecule has 0 amide bonds. The smallest absolute Gasteiger partial charge is 0.303 e. The Morgan fingerprint density at radius 1 is 1.22 bits per heavy atom. The summed E-state index contributed by atoms with van der Waals surface area (Å²) in [6, 6.07) is 7.77. The number of carboxylic acid groups (broad SMARTS) is 1. The van der Waals surface area contributed by atoms with Gasteiger partial charge in [-0.25, -0.2) is 0 Å². The van der Waals surface area contributed by atoms with Crippen LogP contribution in [0.4, 0.5) is 0 Å². The van der Waals surface area contributed by atoms with E-state index >= 15 is 0 Å². The molecule has 1 aliphatic heterocycles. The molecule has 0 radical (unpaired) electrons. The number of aliphatic carboxylic acids is 1. The van der Waals surface area contributed by atoms with Crippen molar-refractivity contribution in [3.8, 4) is 11.5 Å². The van der Waals surface area contributed by atoms with Gasteiger partial charge in [-0.3, -0.25) is 4.79 Å². The van der Waals surface area contributed by atoms with Crippen LogP contribution in [0.2, 0.25) is 5.02 Å². The Morgan fingerprint density at radius 2 is 1.89 bits per heavy atom. The van der Waals surface area contributed by atoms with Gasteiger partial charge >= 0.3 is 5.97 Å². The lowest BCUT2D eigenvalue weighted by Crippen LogP contribution is -2.25. The number of hydrogen-bond donors (Lipinski definition) is 1. The van der Waals surface area contributed by atoms with E-state index in [4.69, 9.17) is 26.2 Å². The number of hydrogen-bond acceptors (Lipinski definition) is 3. The number of halogens is 1. The van der Waals surface area contributed by atoms with Crippen molar-refractivity contribution in [1.82, 2.24) is 0 Å². The fraction of sp³-hybridized carbons (Fsp3) is 0.409. The molecule has 0 bridgehead atoms. The molecule has 0 spiro atoms. The summed E-state index contributed by atoms with van der Waals surface area (Å²) in [7, 11) is 0. The van der Waals surface area contributed by atoms with Gasteiger partial charge in [-0.2, -0.15) is 0 Å². The summed E-state index contributed by atoms with van der Waals surface area (Å²) in [5, 5.41) is 9.60. The van der Waals surface area contributed by atoms with Gasteiger partial charge in [0.25, 0.3) is 0 Å². The highest BCUT2D eigenvalue weighted by Gasteiger charge is 2.32. The third-order valence-electron chi connectivity index (χ3n) is 4.85. The Hall–Kier alpha value is -2.20. The van der Waals surface area contributed by atoms with E-state index in [1.54, 1.807) is 0 Å². The first-order valence-electron chi connectivity index (χ1n) is 9.09. The lowest BCUT2D eigenvalue weighted by Gasteiger charge is -2.18. The van der Waals surface area contributed by atoms with Crippen molar-refractivity contribution in [1.29, 1.82) is 0 Å². The van der Waals surface area contributed by atoms with Crippen molar-refractivity contribution in [2.24, 2.45) is 0 Å². The van der Waals surface area contributed by atoms with Crippen molar-refractivity contribution in [3.63, 3.8) is 0 Å². The molecule has 27 heavy (non-hydrogen) atoms. The third-order valence-corrected chi connectivity index (χ3v) is 5.07. The molecular formula is C22H25ClO4. The Bertz CT molecular complexity index is 863. The fourth-order valence-electron chi connectivity index (χ4n) is 3.68. The zero-order valence-corrected chi connectivity index (χ0v) is 16.9. The molecule has 144 valence electrons. The van der Waals surface area contributed by atoms with Crippen LogP contribution >= 0.6 is 11.6 Å². The molecule has 3 rings (SSSR count). The minimum Gasteiger partial charge on any atom is -0.489 e. The van der Waals surface area contributed by atoms with E-state index in [2.05, 4.69) is 13.8 Å². The Labute approximate surface area is 165 Å². The average Bonchev–Trinajstić information content (AvgIpc) is 2.85. The van der Waals surface area contributed by atoms with Gasteiger partial charge in [0.15, 0.2) is 0 Å². The number of fused-ring (bicyclic) bond motifs is 1. The highest BCUT2D eigenvalue weighted by Crippen LogP contribution is 2.40. The maximum Gasteiger partial charge on any atom is 0.303 e. The second-order valence-corrected chi connectivity index (χ2v) is 8.25. The zero-order chi connectivity index (χ0) is 19.8. The highest BCUT2D eigenvalue weighted by molar-refractivity contribution is 6.30. The van der Waals surface area contributed by atoms with Crippen LogP contribution in [0.25, 0.3) is 0 Å². The molecule has 0 atom stereocenters. The van der Waals surface area contributed by atoms with E-state index < -0.39 is 5.97 Å². The first-order chi connectivity index (χ1) is 12.6. The van der Waals surface area contributed by atoms with Gasteiger partial charge in [0.05, 0.1) is 0 Å². The first kappa shape index (κ1) is 19.6. The van der Waals surface area contributed by atoms with Crippen molar-refractivity contribution in [3.05, 3.63) is 57.1 Å². The van der Waals surface area contributed by atoms with E-state index in [1.165, 1.54) is 0 Å². The number of aryl methyl sites for hydroxylation is 2. The fourth-order valence-corrected chi connectivity index (χ4v) is 3.94. The zero-order valence-electron chi connectivity index (χ0n) is 16.2. The second kappa shape index (κ2) is 7.43. The Kier molecular flexibility index (Phi) is 5.38. The molecule has 0 fully saturated rings. The van der Waals surface area contributed by atoms with Crippen LogP contribution in [-0.2, 0) is 24.2 Å². The molecule has 0 saturated heterocycles. The molecule has 0 aliphatic carbocycles. The number of carbonyl (C=O) groups is 1. The van der Waals surface area contributed by atoms with E-state index in [0.29, 0.717) is 18.1 Å². The Balaban J connectivity index is 1.78. The van der Waals surface area contributed by atoms with Gasteiger partial charge in [0.2, 0.25) is 0 Å². The molecule has 0 aromatic heterocycles. The summed E-state index contributed by atoms with van der Waals surface area (Å²) in [4.78, 5) is 10.8. The van der Waals surface area contributed by atoms with E-state index in [0.717, 1.165) is 45.7 Å². The van der Waals surface area contributed by atoms with Crippen LogP contribution in [-0.4, -0.2) is 16.7 Å². The lowest BCUT2D eigenvalue weighted by molar-refractivity contribution is -0.136. The van der Waals surface area contributed by atoms with E-state index in [-0.39, 0.29) is 12.0 Å². The summed E-state index contributed by atoms with van der Waals surface area (Å²) in [5.41, 5.74) is 4.97. The largest absolute Gasteiger partial charge is 0.489 e. The van der Waals surface area contributed by atoms with Gasteiger partial charge in [0, 0.05) is 23.4 Å². The summed E-state index contributed by atoms with van der Waals surface area (Å²) in [6.45, 7) is 8.47. The maximum atomic E-state index is 10.8. The minimum atomic E-state index is -0.785. The van der Waals surface area contributed by atoms with E-state index in [9.17, 15) is 4.79 Å². The molecule has 4 nitrogen and oxygen atoms in total. The van der Waals surface area contributed by atoms with Crippen LogP contribution in [0.1, 0.15) is 48.1 Å². The van der Waals surface area contributed by atoms with Crippen molar-refractivity contribution < 1.29 is 19.4 Å². The van der Waals surface area contributed by atoms with Crippen molar-refractivity contribution in [2.75, 3.05) is 0 Å². The second-order valence-electron chi connectivity index (χ2n) is 7.81. The molecule has 0 saturated carbocycles. The molecule has 5 heteroatoms. The Morgan fingerprint density at radius 3 is 2.52 bits per heavy atom. The number of ether oxygens (including phenoxy) is 2. The topological polar surface area (TPSA) is 55.8 Å². The van der Waals surface area contributed by atoms with Gasteiger partial charge in [-0.05, 0) is 80.6 Å². The molecule has 0 unspecified atom stereocenters. The summed E-state index contributed by atoms with van der Waals surface area (Å²) >= 11 is 6.28. The van der Waals surface area contributed by atoms with Crippen LogP contribution < -0.4 is 9.47 Å². The summed E-state index contributed by atoms with van der Waals surface area (Å²) < 4.78 is 12.1. The summed E-state index contributed by atoms with van der Waals surface area (Å²) in [6.07, 6.45) is 1.48. The summed E-state index contributed by atoms with van der Waals surface area (Å²) in [5.74, 6) is 0.845. The van der Waals surface area contributed by atoms with Gasteiger partial charge in [0.1, 0.15) is 23.7 Å². The monoisotopic (exact) mass is 388 g/mol. The normalized spacial score (nSPS) is 14.6. The quantitative estimate of drug-likeness (QED) is 0.732. The number of rotatable bonds is 6. The predicted molar refractivity (Wildman–Crippen MR) is 106 cm³/mol. The SMILES string of the molecule is Cc1cc(OCc2cc(Cl)cc3c2OC(C)(C)C3)cc(C)c1CCC(=O)O. The molecular weight excluding hydrogens is 364 g/mol. The van der Waals surface area contributed by atoms with Crippen LogP contribution in [0.5, 0.6) is 11.5 Å². The standard InChI is InChI=1S/C22H25ClO4/c1-13-7-18(8-14(2)19(13)5-6-20(24)25)26-12-16-10-17(23)9-15-11-22(3,4)27-21(15)16/h7-10H,5-6,11-12H2,1-4H3,(H,24,25). The van der Waals surface area contributed by atoms with Crippen LogP contribution in [0.15, 0.2) is 24.3 Å². The number of carboxylic acids is 1. The van der Waals surface area contributed by atoms with Crippen LogP contribution in [0, 0.1) is 13.8 Å². The molecule has 1 N–H and O–H groups in total. The molecule has 2 aromatic carbocycles. The molecule has 1 aliphatic rings. The molecule has 2 aromatic rings. The lowest BCUT2D eigenvalue weighted by atomic mass is 9.98. The van der Waals surface area contributed by atoms with Gasteiger partial charge in [-0.1, -0.05) is 11.6 Å². The number of benzene rings is 2. The average molecular weight is 389 g/mol. The third kappa shape index (κ3) is 4.56. The minimum absolute atomic E-state index is 0.129. The highest BCUT2D eigenvalue weighted by atomic mass is 35.5. The predicted octanol–water partition coefficient (Wildman–Crippen LogP) is 5.27. The van der Waals surface area contributed by atoms with Gasteiger partial charge in [-0.15, -0.1) is 0 Å². The van der Waals surface area contributed by atoms with Crippen molar-refractivity contribution >= 4 is 17.6 Å². The van der Waals surface area contributed by atoms with E-state index in [1.807, 2.05) is 38.1 Å². The maximum absolute atomic E-state index is 10.8. The van der Waals surface area contributed by atoms with Gasteiger partial charge < -0.3 is 14.6 Å². The molecule has 1 heterocycles. The van der Waals surface area contributed by atoms with Crippen molar-refractivity contribution in [2.45, 2.75) is 59.2 Å². The first-order valence-corrected chi connectivity index (χ1v) is 9.47.